The Hall–Kier alpha value is -1.96. The van der Waals surface area contributed by atoms with Crippen molar-refractivity contribution in [2.75, 3.05) is 53.5 Å². The molecule has 0 spiro atoms. The second kappa shape index (κ2) is 9.45. The molecule has 2 fully saturated rings. The van der Waals surface area contributed by atoms with E-state index in [4.69, 9.17) is 14.5 Å². The minimum Gasteiger partial charge on any atom is -0.493 e. The largest absolute Gasteiger partial charge is 0.493 e. The van der Waals surface area contributed by atoms with E-state index in [1.807, 2.05) is 19.1 Å². The number of benzene rings is 1. The summed E-state index contributed by atoms with van der Waals surface area (Å²) in [4.78, 5) is 14.1. The molecule has 0 amide bonds. The van der Waals surface area contributed by atoms with E-state index in [2.05, 4.69) is 21.8 Å². The third kappa shape index (κ3) is 4.85. The number of ether oxygens (including phenoxy) is 2. The minimum absolute atomic E-state index is 0.240. The number of aliphatic hydroxyl groups is 1. The molecule has 1 aromatic heterocycles. The van der Waals surface area contributed by atoms with Gasteiger partial charge < -0.3 is 24.4 Å². The van der Waals surface area contributed by atoms with Crippen molar-refractivity contribution in [1.29, 1.82) is 0 Å². The Morgan fingerprint density at radius 3 is 2.53 bits per heavy atom. The van der Waals surface area contributed by atoms with Crippen molar-refractivity contribution < 1.29 is 14.6 Å². The van der Waals surface area contributed by atoms with Gasteiger partial charge in [-0.15, -0.1) is 0 Å². The summed E-state index contributed by atoms with van der Waals surface area (Å²) in [6, 6.07) is 3.94. The van der Waals surface area contributed by atoms with Crippen LogP contribution < -0.4 is 9.47 Å². The molecule has 1 atom stereocenters. The maximum Gasteiger partial charge on any atom is 0.163 e. The number of likely N-dealkylation sites (tertiary alicyclic amines) is 2. The van der Waals surface area contributed by atoms with Crippen LogP contribution in [0.4, 0.5) is 0 Å². The number of aryl methyl sites for hydroxylation is 1. The molecule has 0 radical (unpaired) electrons. The molecule has 7 nitrogen and oxygen atoms in total. The number of β-amino-alcohol motifs (C(OH)–C–C–N with tert-alkyl or cyclic N) is 1. The second-order valence-corrected chi connectivity index (χ2v) is 8.73. The molecule has 2 aliphatic rings. The first-order chi connectivity index (χ1) is 14.5. The van der Waals surface area contributed by atoms with Crippen LogP contribution >= 0.6 is 0 Å². The van der Waals surface area contributed by atoms with E-state index in [1.54, 1.807) is 7.11 Å². The number of piperidine rings is 1. The van der Waals surface area contributed by atoms with Crippen LogP contribution in [0.25, 0.3) is 10.9 Å². The van der Waals surface area contributed by atoms with Gasteiger partial charge in [0.25, 0.3) is 0 Å². The number of fused-ring (bicyclic) bond motifs is 1. The molecule has 0 unspecified atom stereocenters. The third-order valence-electron chi connectivity index (χ3n) is 6.33. The van der Waals surface area contributed by atoms with Gasteiger partial charge in [0.2, 0.25) is 0 Å². The standard InChI is InChI=1S/C23H34N4O3/c1-16-24-20-13-22(30-15-18(28)14-27-8-4-5-9-27)21(29-3)12-19(20)23(25-16)17-6-10-26(2)11-7-17/h12-13,17-18,28H,4-11,14-15H2,1-3H3/t18-/m1/s1. The Kier molecular flexibility index (Phi) is 6.71. The van der Waals surface area contributed by atoms with Crippen LogP contribution in [0, 0.1) is 6.92 Å². The summed E-state index contributed by atoms with van der Waals surface area (Å²) in [5.41, 5.74) is 1.99. The van der Waals surface area contributed by atoms with E-state index in [0.717, 1.165) is 61.4 Å². The van der Waals surface area contributed by atoms with Crippen molar-refractivity contribution in [3.8, 4) is 11.5 Å². The zero-order valence-electron chi connectivity index (χ0n) is 18.4. The Balaban J connectivity index is 1.55. The summed E-state index contributed by atoms with van der Waals surface area (Å²) in [5, 5.41) is 11.4. The quantitative estimate of drug-likeness (QED) is 0.747. The topological polar surface area (TPSA) is 71.0 Å². The SMILES string of the molecule is COc1cc2c(C3CCN(C)CC3)nc(C)nc2cc1OC[C@H](O)CN1CCCC1. The summed E-state index contributed by atoms with van der Waals surface area (Å²) in [6.07, 6.45) is 4.11. The van der Waals surface area contributed by atoms with Crippen LogP contribution in [-0.2, 0) is 0 Å². The van der Waals surface area contributed by atoms with E-state index in [9.17, 15) is 5.11 Å². The van der Waals surface area contributed by atoms with Crippen molar-refractivity contribution in [1.82, 2.24) is 19.8 Å². The fourth-order valence-corrected chi connectivity index (χ4v) is 4.65. The van der Waals surface area contributed by atoms with Crippen LogP contribution in [0.1, 0.15) is 43.1 Å². The van der Waals surface area contributed by atoms with E-state index >= 15 is 0 Å². The van der Waals surface area contributed by atoms with Gasteiger partial charge in [-0.05, 0) is 71.9 Å². The number of methoxy groups -OCH3 is 1. The Bertz CT molecular complexity index is 861. The number of hydrogen-bond acceptors (Lipinski definition) is 7. The Morgan fingerprint density at radius 2 is 1.83 bits per heavy atom. The molecule has 0 bridgehead atoms. The first-order valence-corrected chi connectivity index (χ1v) is 11.1. The molecular weight excluding hydrogens is 380 g/mol. The lowest BCUT2D eigenvalue weighted by molar-refractivity contribution is 0.0747. The number of hydrogen-bond donors (Lipinski definition) is 1. The summed E-state index contributed by atoms with van der Waals surface area (Å²) in [6.45, 7) is 7.13. The number of aliphatic hydroxyl groups excluding tert-OH is 1. The molecule has 2 aromatic rings. The average molecular weight is 415 g/mol. The monoisotopic (exact) mass is 414 g/mol. The molecule has 2 aliphatic heterocycles. The highest BCUT2D eigenvalue weighted by atomic mass is 16.5. The maximum atomic E-state index is 10.4. The molecule has 4 rings (SSSR count). The molecular formula is C23H34N4O3. The predicted molar refractivity (Wildman–Crippen MR) is 117 cm³/mol. The van der Waals surface area contributed by atoms with Crippen molar-refractivity contribution in [2.24, 2.45) is 0 Å². The van der Waals surface area contributed by atoms with Gasteiger partial charge in [-0.3, -0.25) is 0 Å². The van der Waals surface area contributed by atoms with Gasteiger partial charge in [0.1, 0.15) is 18.5 Å². The Labute approximate surface area is 179 Å². The number of rotatable bonds is 7. The number of nitrogens with zero attached hydrogens (tertiary/aromatic N) is 4. The summed E-state index contributed by atoms with van der Waals surface area (Å²) in [7, 11) is 3.82. The van der Waals surface area contributed by atoms with Crippen molar-refractivity contribution >= 4 is 10.9 Å². The molecule has 1 aromatic carbocycles. The van der Waals surface area contributed by atoms with Gasteiger partial charge in [0.15, 0.2) is 11.5 Å². The highest BCUT2D eigenvalue weighted by molar-refractivity contribution is 5.85. The minimum atomic E-state index is -0.523. The molecule has 0 aliphatic carbocycles. The lowest BCUT2D eigenvalue weighted by atomic mass is 9.91. The fourth-order valence-electron chi connectivity index (χ4n) is 4.65. The van der Waals surface area contributed by atoms with Crippen molar-refractivity contribution in [3.63, 3.8) is 0 Å². The van der Waals surface area contributed by atoms with Crippen LogP contribution in [0.3, 0.4) is 0 Å². The van der Waals surface area contributed by atoms with E-state index < -0.39 is 6.10 Å². The third-order valence-corrected chi connectivity index (χ3v) is 6.33. The predicted octanol–water partition coefficient (Wildman–Crippen LogP) is 2.59. The average Bonchev–Trinajstić information content (AvgIpc) is 3.24. The normalized spacial score (nSPS) is 20.0. The van der Waals surface area contributed by atoms with Crippen molar-refractivity contribution in [3.05, 3.63) is 23.7 Å². The molecule has 2 saturated heterocycles. The second-order valence-electron chi connectivity index (χ2n) is 8.73. The molecule has 30 heavy (non-hydrogen) atoms. The summed E-state index contributed by atoms with van der Waals surface area (Å²) in [5.74, 6) is 2.50. The van der Waals surface area contributed by atoms with E-state index in [-0.39, 0.29) is 6.61 Å². The number of aromatic nitrogens is 2. The maximum absolute atomic E-state index is 10.4. The highest BCUT2D eigenvalue weighted by Crippen LogP contribution is 2.37. The van der Waals surface area contributed by atoms with Crippen LogP contribution in [0.5, 0.6) is 11.5 Å². The van der Waals surface area contributed by atoms with E-state index in [1.165, 1.54) is 12.8 Å². The summed E-state index contributed by atoms with van der Waals surface area (Å²) < 4.78 is 11.6. The molecule has 3 heterocycles. The smallest absolute Gasteiger partial charge is 0.163 e. The van der Waals surface area contributed by atoms with Crippen LogP contribution in [0.2, 0.25) is 0 Å². The van der Waals surface area contributed by atoms with Gasteiger partial charge in [0, 0.05) is 23.9 Å². The van der Waals surface area contributed by atoms with Gasteiger partial charge in [0.05, 0.1) is 18.3 Å². The van der Waals surface area contributed by atoms with Crippen LogP contribution in [-0.4, -0.2) is 84.5 Å². The zero-order chi connectivity index (χ0) is 21.1. The van der Waals surface area contributed by atoms with Gasteiger partial charge in [-0.25, -0.2) is 9.97 Å². The lowest BCUT2D eigenvalue weighted by Crippen LogP contribution is -2.33. The van der Waals surface area contributed by atoms with Crippen molar-refractivity contribution in [2.45, 2.75) is 44.6 Å². The molecule has 7 heteroatoms. The highest BCUT2D eigenvalue weighted by Gasteiger charge is 2.24. The zero-order valence-corrected chi connectivity index (χ0v) is 18.4. The molecule has 1 N–H and O–H groups in total. The Morgan fingerprint density at radius 1 is 1.10 bits per heavy atom. The van der Waals surface area contributed by atoms with Gasteiger partial charge >= 0.3 is 0 Å². The van der Waals surface area contributed by atoms with Gasteiger partial charge in [-0.2, -0.15) is 0 Å². The van der Waals surface area contributed by atoms with Crippen LogP contribution in [0.15, 0.2) is 12.1 Å². The molecule has 0 saturated carbocycles. The molecule has 164 valence electrons. The first-order valence-electron chi connectivity index (χ1n) is 11.1. The first kappa shape index (κ1) is 21.3. The van der Waals surface area contributed by atoms with E-state index in [0.29, 0.717) is 24.0 Å². The van der Waals surface area contributed by atoms with Gasteiger partial charge in [-0.1, -0.05) is 0 Å². The fraction of sp³-hybridized carbons (Fsp3) is 0.652. The summed E-state index contributed by atoms with van der Waals surface area (Å²) >= 11 is 0. The lowest BCUT2D eigenvalue weighted by Gasteiger charge is -2.29.